The van der Waals surface area contributed by atoms with E-state index in [4.69, 9.17) is 10.5 Å². The second-order valence-corrected chi connectivity index (χ2v) is 3.97. The first kappa shape index (κ1) is 11.5. The molecular formula is C11H16N4O2. The third-order valence-corrected chi connectivity index (χ3v) is 2.79. The molecule has 1 atom stereocenters. The minimum Gasteiger partial charge on any atom is -0.445 e. The summed E-state index contributed by atoms with van der Waals surface area (Å²) in [6, 6.07) is 1.74. The first-order valence-electron chi connectivity index (χ1n) is 5.57. The standard InChI is InChI=1S/C11H16N4O2/c1-2-6-17-11(16)15-5-3-4-9(15)8-7-10(12)14-13-8/h2,7,9H,1,3-6H2,(H3,12,13,14). The maximum atomic E-state index is 11.8. The number of nitrogens with one attached hydrogen (secondary N) is 1. The van der Waals surface area contributed by atoms with Crippen molar-refractivity contribution in [2.24, 2.45) is 0 Å². The van der Waals surface area contributed by atoms with Gasteiger partial charge in [0.1, 0.15) is 12.4 Å². The first-order chi connectivity index (χ1) is 8.22. The van der Waals surface area contributed by atoms with Crippen LogP contribution in [-0.2, 0) is 4.74 Å². The molecule has 0 spiro atoms. The zero-order valence-corrected chi connectivity index (χ0v) is 9.56. The lowest BCUT2D eigenvalue weighted by Crippen LogP contribution is -2.31. The molecule has 0 bridgehead atoms. The van der Waals surface area contributed by atoms with Gasteiger partial charge in [-0.2, -0.15) is 5.10 Å². The van der Waals surface area contributed by atoms with Gasteiger partial charge in [-0.3, -0.25) is 10.00 Å². The number of nitrogens with two attached hydrogens (primary N) is 1. The molecule has 1 aliphatic heterocycles. The normalized spacial score (nSPS) is 19.3. The van der Waals surface area contributed by atoms with Gasteiger partial charge in [0.2, 0.25) is 0 Å². The number of hydrogen-bond donors (Lipinski definition) is 2. The fourth-order valence-corrected chi connectivity index (χ4v) is 2.05. The summed E-state index contributed by atoms with van der Waals surface area (Å²) in [6.45, 7) is 4.43. The number of likely N-dealkylation sites (tertiary alicyclic amines) is 1. The van der Waals surface area contributed by atoms with E-state index in [1.54, 1.807) is 17.0 Å². The fraction of sp³-hybridized carbons (Fsp3) is 0.455. The lowest BCUT2D eigenvalue weighted by atomic mass is 10.1. The average molecular weight is 236 g/mol. The Morgan fingerprint density at radius 1 is 1.82 bits per heavy atom. The van der Waals surface area contributed by atoms with E-state index in [0.29, 0.717) is 12.4 Å². The number of carbonyl (C=O) groups excluding carboxylic acids is 1. The molecule has 2 rings (SSSR count). The number of aromatic amines is 1. The van der Waals surface area contributed by atoms with Crippen molar-refractivity contribution >= 4 is 11.9 Å². The van der Waals surface area contributed by atoms with Crippen LogP contribution in [0, 0.1) is 0 Å². The first-order valence-corrected chi connectivity index (χ1v) is 5.57. The molecule has 0 saturated carbocycles. The highest BCUT2D eigenvalue weighted by Crippen LogP contribution is 2.31. The highest BCUT2D eigenvalue weighted by atomic mass is 16.6. The highest BCUT2D eigenvalue weighted by molar-refractivity contribution is 5.68. The third kappa shape index (κ3) is 2.41. The molecule has 1 amide bonds. The van der Waals surface area contributed by atoms with Crippen molar-refractivity contribution in [3.8, 4) is 0 Å². The van der Waals surface area contributed by atoms with Crippen LogP contribution in [-0.4, -0.2) is 34.3 Å². The van der Waals surface area contributed by atoms with Crippen LogP contribution in [0.15, 0.2) is 18.7 Å². The SMILES string of the molecule is C=CCOC(=O)N1CCCC1c1cc(N)n[nH]1. The minimum atomic E-state index is -0.319. The summed E-state index contributed by atoms with van der Waals surface area (Å²) in [5.74, 6) is 0.436. The Morgan fingerprint density at radius 3 is 3.29 bits per heavy atom. The van der Waals surface area contributed by atoms with Gasteiger partial charge in [0.15, 0.2) is 0 Å². The summed E-state index contributed by atoms with van der Waals surface area (Å²) in [6.07, 6.45) is 3.08. The van der Waals surface area contributed by atoms with Gasteiger partial charge in [-0.1, -0.05) is 12.7 Å². The lowest BCUT2D eigenvalue weighted by Gasteiger charge is -2.22. The summed E-state index contributed by atoms with van der Waals surface area (Å²) < 4.78 is 5.04. The van der Waals surface area contributed by atoms with Gasteiger partial charge in [0.05, 0.1) is 11.7 Å². The Morgan fingerprint density at radius 2 is 2.65 bits per heavy atom. The molecule has 0 aromatic carbocycles. The van der Waals surface area contributed by atoms with Crippen molar-refractivity contribution < 1.29 is 9.53 Å². The number of H-pyrrole nitrogens is 1. The quantitative estimate of drug-likeness (QED) is 0.778. The van der Waals surface area contributed by atoms with Crippen LogP contribution < -0.4 is 5.73 Å². The van der Waals surface area contributed by atoms with Crippen molar-refractivity contribution in [2.45, 2.75) is 18.9 Å². The number of carbonyl (C=O) groups is 1. The zero-order valence-electron chi connectivity index (χ0n) is 9.56. The molecule has 1 aromatic heterocycles. The number of nitrogens with zero attached hydrogens (tertiary/aromatic N) is 2. The summed E-state index contributed by atoms with van der Waals surface area (Å²) in [5, 5.41) is 6.72. The van der Waals surface area contributed by atoms with Crippen LogP contribution in [0.3, 0.4) is 0 Å². The van der Waals surface area contributed by atoms with E-state index in [2.05, 4.69) is 16.8 Å². The van der Waals surface area contributed by atoms with Crippen LogP contribution in [0.2, 0.25) is 0 Å². The molecule has 1 saturated heterocycles. The Balaban J connectivity index is 2.06. The van der Waals surface area contributed by atoms with Crippen LogP contribution in [0.5, 0.6) is 0 Å². The van der Waals surface area contributed by atoms with E-state index in [-0.39, 0.29) is 18.7 Å². The molecule has 1 fully saturated rings. The van der Waals surface area contributed by atoms with Gasteiger partial charge >= 0.3 is 6.09 Å². The maximum Gasteiger partial charge on any atom is 0.410 e. The van der Waals surface area contributed by atoms with Gasteiger partial charge in [-0.05, 0) is 12.8 Å². The summed E-state index contributed by atoms with van der Waals surface area (Å²) in [4.78, 5) is 13.5. The van der Waals surface area contributed by atoms with Crippen LogP contribution in [0.25, 0.3) is 0 Å². The number of anilines is 1. The van der Waals surface area contributed by atoms with Crippen molar-refractivity contribution in [1.29, 1.82) is 0 Å². The Bertz CT molecular complexity index is 415. The van der Waals surface area contributed by atoms with E-state index >= 15 is 0 Å². The van der Waals surface area contributed by atoms with E-state index in [1.807, 2.05) is 0 Å². The molecule has 6 heteroatoms. The van der Waals surface area contributed by atoms with Gasteiger partial charge in [-0.15, -0.1) is 0 Å². The van der Waals surface area contributed by atoms with Crippen molar-refractivity contribution in [3.05, 3.63) is 24.4 Å². The smallest absolute Gasteiger partial charge is 0.410 e. The topological polar surface area (TPSA) is 84.2 Å². The zero-order chi connectivity index (χ0) is 12.3. The third-order valence-electron chi connectivity index (χ3n) is 2.79. The van der Waals surface area contributed by atoms with Crippen LogP contribution in [0.1, 0.15) is 24.6 Å². The highest BCUT2D eigenvalue weighted by Gasteiger charge is 2.32. The van der Waals surface area contributed by atoms with E-state index in [1.165, 1.54) is 0 Å². The molecule has 1 aromatic rings. The van der Waals surface area contributed by atoms with E-state index < -0.39 is 0 Å². The lowest BCUT2D eigenvalue weighted by molar-refractivity contribution is 0.107. The maximum absolute atomic E-state index is 11.8. The predicted octanol–water partition coefficient (Wildman–Crippen LogP) is 1.45. The number of ether oxygens (including phenoxy) is 1. The largest absolute Gasteiger partial charge is 0.445 e. The summed E-state index contributed by atoms with van der Waals surface area (Å²) >= 11 is 0. The van der Waals surface area contributed by atoms with Gasteiger partial charge in [-0.25, -0.2) is 4.79 Å². The molecule has 92 valence electrons. The number of hydrogen-bond acceptors (Lipinski definition) is 4. The number of amides is 1. The summed E-state index contributed by atoms with van der Waals surface area (Å²) in [7, 11) is 0. The molecular weight excluding hydrogens is 220 g/mol. The van der Waals surface area contributed by atoms with Crippen molar-refractivity contribution in [2.75, 3.05) is 18.9 Å². The fourth-order valence-electron chi connectivity index (χ4n) is 2.05. The molecule has 6 nitrogen and oxygen atoms in total. The minimum absolute atomic E-state index is 0.0166. The Kier molecular flexibility index (Phi) is 3.32. The van der Waals surface area contributed by atoms with Crippen LogP contribution >= 0.6 is 0 Å². The van der Waals surface area contributed by atoms with Gasteiger partial charge in [0, 0.05) is 12.6 Å². The molecule has 17 heavy (non-hydrogen) atoms. The second kappa shape index (κ2) is 4.90. The number of rotatable bonds is 3. The Labute approximate surface area is 99.4 Å². The van der Waals surface area contributed by atoms with Crippen molar-refractivity contribution in [1.82, 2.24) is 15.1 Å². The van der Waals surface area contributed by atoms with E-state index in [0.717, 1.165) is 18.5 Å². The molecule has 0 aliphatic carbocycles. The molecule has 1 unspecified atom stereocenters. The van der Waals surface area contributed by atoms with Gasteiger partial charge in [0.25, 0.3) is 0 Å². The Hall–Kier alpha value is -1.98. The van der Waals surface area contributed by atoms with Crippen molar-refractivity contribution in [3.63, 3.8) is 0 Å². The number of aromatic nitrogens is 2. The number of nitrogen functional groups attached to an aromatic ring is 1. The second-order valence-electron chi connectivity index (χ2n) is 3.97. The molecule has 1 aliphatic rings. The monoisotopic (exact) mass is 236 g/mol. The van der Waals surface area contributed by atoms with Gasteiger partial charge < -0.3 is 10.5 Å². The van der Waals surface area contributed by atoms with E-state index in [9.17, 15) is 4.79 Å². The van der Waals surface area contributed by atoms with Crippen LogP contribution in [0.4, 0.5) is 10.6 Å². The predicted molar refractivity (Wildman–Crippen MR) is 63.2 cm³/mol. The molecule has 0 radical (unpaired) electrons. The molecule has 2 heterocycles. The summed E-state index contributed by atoms with van der Waals surface area (Å²) in [5.41, 5.74) is 6.41. The molecule has 3 N–H and O–H groups in total. The average Bonchev–Trinajstić information content (AvgIpc) is 2.93.